The number of hydrogen-bond acceptors (Lipinski definition) is 4. The zero-order valence-corrected chi connectivity index (χ0v) is 16.1. The Morgan fingerprint density at radius 2 is 1.93 bits per heavy atom. The highest BCUT2D eigenvalue weighted by atomic mass is 16.1. The smallest absolute Gasteiger partial charge is 0.254 e. The van der Waals surface area contributed by atoms with E-state index in [1.807, 2.05) is 31.3 Å². The summed E-state index contributed by atoms with van der Waals surface area (Å²) in [6.07, 6.45) is 4.85. The van der Waals surface area contributed by atoms with Crippen LogP contribution < -0.4 is 5.32 Å². The van der Waals surface area contributed by atoms with E-state index >= 15 is 0 Å². The average molecular weight is 371 g/mol. The van der Waals surface area contributed by atoms with Gasteiger partial charge in [-0.2, -0.15) is 0 Å². The molecule has 0 radical (unpaired) electrons. The van der Waals surface area contributed by atoms with Crippen molar-refractivity contribution in [3.05, 3.63) is 77.0 Å². The number of aryl methyl sites for hydroxylation is 3. The van der Waals surface area contributed by atoms with Crippen LogP contribution in [0.3, 0.4) is 0 Å². The summed E-state index contributed by atoms with van der Waals surface area (Å²) in [7, 11) is 0. The zero-order chi connectivity index (χ0) is 19.7. The molecule has 0 bridgehead atoms. The molecular weight excluding hydrogens is 350 g/mol. The van der Waals surface area contributed by atoms with Crippen LogP contribution in [0.15, 0.2) is 49.1 Å². The van der Waals surface area contributed by atoms with Crippen molar-refractivity contribution in [1.82, 2.24) is 25.3 Å². The summed E-state index contributed by atoms with van der Waals surface area (Å²) in [6, 6.07) is 10.2. The second-order valence-electron chi connectivity index (χ2n) is 6.93. The van der Waals surface area contributed by atoms with Gasteiger partial charge in [-0.3, -0.25) is 9.78 Å². The molecule has 4 rings (SSSR count). The third-order valence-corrected chi connectivity index (χ3v) is 4.90. The molecule has 0 unspecified atom stereocenters. The fourth-order valence-electron chi connectivity index (χ4n) is 3.25. The lowest BCUT2D eigenvalue weighted by Gasteiger charge is -2.07. The minimum absolute atomic E-state index is 0.173. The number of aromatic amines is 1. The summed E-state index contributed by atoms with van der Waals surface area (Å²) in [5.74, 6) is -0.173. The molecule has 3 aromatic heterocycles. The number of hydrogen-bond donors (Lipinski definition) is 2. The molecule has 140 valence electrons. The molecule has 3 heterocycles. The Morgan fingerprint density at radius 3 is 2.68 bits per heavy atom. The Labute approximate surface area is 163 Å². The number of aromatic nitrogens is 4. The molecule has 0 aliphatic rings. The van der Waals surface area contributed by atoms with Crippen molar-refractivity contribution >= 4 is 16.8 Å². The number of fused-ring (bicyclic) bond motifs is 1. The maximum absolute atomic E-state index is 12.4. The molecule has 4 aromatic rings. The molecule has 28 heavy (non-hydrogen) atoms. The SMILES string of the molecule is Cc1ccc(-c2[nH]c3ccc(CNC(=O)c4cncnc4C)cc3c2C)nc1. The van der Waals surface area contributed by atoms with Gasteiger partial charge in [0.2, 0.25) is 0 Å². The molecule has 6 nitrogen and oxygen atoms in total. The van der Waals surface area contributed by atoms with Gasteiger partial charge in [-0.1, -0.05) is 12.1 Å². The molecule has 1 aromatic carbocycles. The first kappa shape index (κ1) is 17.9. The van der Waals surface area contributed by atoms with Gasteiger partial charge in [-0.25, -0.2) is 9.97 Å². The van der Waals surface area contributed by atoms with Crippen LogP contribution in [-0.4, -0.2) is 25.8 Å². The van der Waals surface area contributed by atoms with E-state index in [4.69, 9.17) is 0 Å². The van der Waals surface area contributed by atoms with Crippen molar-refractivity contribution in [2.24, 2.45) is 0 Å². The number of H-pyrrole nitrogens is 1. The third-order valence-electron chi connectivity index (χ3n) is 4.90. The first-order valence-electron chi connectivity index (χ1n) is 9.12. The molecule has 0 aliphatic carbocycles. The number of nitrogens with one attached hydrogen (secondary N) is 2. The van der Waals surface area contributed by atoms with E-state index < -0.39 is 0 Å². The number of carbonyl (C=O) groups excluding carboxylic acids is 1. The van der Waals surface area contributed by atoms with E-state index in [1.54, 1.807) is 6.92 Å². The minimum Gasteiger partial charge on any atom is -0.353 e. The lowest BCUT2D eigenvalue weighted by molar-refractivity contribution is 0.0949. The van der Waals surface area contributed by atoms with E-state index in [0.717, 1.165) is 39.0 Å². The highest BCUT2D eigenvalue weighted by Crippen LogP contribution is 2.29. The molecule has 0 aliphatic heterocycles. The predicted molar refractivity (Wildman–Crippen MR) is 109 cm³/mol. The number of nitrogens with zero attached hydrogens (tertiary/aromatic N) is 3. The minimum atomic E-state index is -0.173. The van der Waals surface area contributed by atoms with E-state index in [0.29, 0.717) is 17.8 Å². The van der Waals surface area contributed by atoms with Crippen molar-refractivity contribution in [3.8, 4) is 11.4 Å². The third kappa shape index (κ3) is 3.36. The van der Waals surface area contributed by atoms with Crippen molar-refractivity contribution in [1.29, 1.82) is 0 Å². The van der Waals surface area contributed by atoms with E-state index in [2.05, 4.69) is 44.3 Å². The van der Waals surface area contributed by atoms with Crippen molar-refractivity contribution in [2.75, 3.05) is 0 Å². The maximum atomic E-state index is 12.4. The van der Waals surface area contributed by atoms with Crippen LogP contribution >= 0.6 is 0 Å². The van der Waals surface area contributed by atoms with Gasteiger partial charge >= 0.3 is 0 Å². The lowest BCUT2D eigenvalue weighted by atomic mass is 10.1. The van der Waals surface area contributed by atoms with Crippen LogP contribution in [0.25, 0.3) is 22.3 Å². The highest BCUT2D eigenvalue weighted by Gasteiger charge is 2.13. The van der Waals surface area contributed by atoms with Crippen LogP contribution in [0, 0.1) is 20.8 Å². The second kappa shape index (κ2) is 7.23. The van der Waals surface area contributed by atoms with Crippen LogP contribution in [0.1, 0.15) is 32.7 Å². The topological polar surface area (TPSA) is 83.6 Å². The summed E-state index contributed by atoms with van der Waals surface area (Å²) < 4.78 is 0. The quantitative estimate of drug-likeness (QED) is 0.570. The Kier molecular flexibility index (Phi) is 4.61. The van der Waals surface area contributed by atoms with Crippen LogP contribution in [0.2, 0.25) is 0 Å². The lowest BCUT2D eigenvalue weighted by Crippen LogP contribution is -2.24. The van der Waals surface area contributed by atoms with Crippen LogP contribution in [0.4, 0.5) is 0 Å². The monoisotopic (exact) mass is 371 g/mol. The number of benzene rings is 1. The Hall–Kier alpha value is -3.54. The number of amides is 1. The zero-order valence-electron chi connectivity index (χ0n) is 16.1. The van der Waals surface area contributed by atoms with E-state index in [1.165, 1.54) is 12.5 Å². The number of carbonyl (C=O) groups is 1. The van der Waals surface area contributed by atoms with Crippen molar-refractivity contribution in [2.45, 2.75) is 27.3 Å². The average Bonchev–Trinajstić information content (AvgIpc) is 3.03. The molecule has 0 saturated heterocycles. The Balaban J connectivity index is 1.58. The normalized spacial score (nSPS) is 11.0. The van der Waals surface area contributed by atoms with Gasteiger partial charge in [0, 0.05) is 29.8 Å². The fourth-order valence-corrected chi connectivity index (χ4v) is 3.25. The van der Waals surface area contributed by atoms with Crippen LogP contribution in [0.5, 0.6) is 0 Å². The number of rotatable bonds is 4. The van der Waals surface area contributed by atoms with Gasteiger partial charge in [-0.15, -0.1) is 0 Å². The Morgan fingerprint density at radius 1 is 1.07 bits per heavy atom. The summed E-state index contributed by atoms with van der Waals surface area (Å²) in [5, 5.41) is 4.07. The van der Waals surface area contributed by atoms with E-state index in [9.17, 15) is 4.79 Å². The predicted octanol–water partition coefficient (Wildman–Crippen LogP) is 3.88. The molecule has 1 amide bonds. The van der Waals surface area contributed by atoms with Gasteiger partial charge in [0.25, 0.3) is 5.91 Å². The summed E-state index contributed by atoms with van der Waals surface area (Å²) in [4.78, 5) is 28.4. The molecule has 0 saturated carbocycles. The first-order chi connectivity index (χ1) is 13.5. The van der Waals surface area contributed by atoms with Crippen LogP contribution in [-0.2, 0) is 6.54 Å². The molecule has 0 fully saturated rings. The second-order valence-corrected chi connectivity index (χ2v) is 6.93. The van der Waals surface area contributed by atoms with Crippen molar-refractivity contribution < 1.29 is 4.79 Å². The summed E-state index contributed by atoms with van der Waals surface area (Å²) in [5.41, 5.74) is 7.47. The van der Waals surface area contributed by atoms with Crippen molar-refractivity contribution in [3.63, 3.8) is 0 Å². The molecule has 0 atom stereocenters. The van der Waals surface area contributed by atoms with Gasteiger partial charge in [0.1, 0.15) is 6.33 Å². The fraction of sp³-hybridized carbons (Fsp3) is 0.182. The first-order valence-corrected chi connectivity index (χ1v) is 9.12. The maximum Gasteiger partial charge on any atom is 0.254 e. The van der Waals surface area contributed by atoms with Gasteiger partial charge in [0.05, 0.1) is 22.6 Å². The van der Waals surface area contributed by atoms with Gasteiger partial charge in [-0.05, 0) is 55.7 Å². The summed E-state index contributed by atoms with van der Waals surface area (Å²) >= 11 is 0. The largest absolute Gasteiger partial charge is 0.353 e. The molecular formula is C22H21N5O. The van der Waals surface area contributed by atoms with Gasteiger partial charge < -0.3 is 10.3 Å². The molecule has 2 N–H and O–H groups in total. The number of pyridine rings is 1. The Bertz CT molecular complexity index is 1160. The van der Waals surface area contributed by atoms with E-state index in [-0.39, 0.29) is 5.91 Å². The molecule has 0 spiro atoms. The highest BCUT2D eigenvalue weighted by molar-refractivity contribution is 5.95. The standard InChI is InChI=1S/C22H21N5O/c1-13-4-6-20(24-9-13)21-14(2)17-8-16(5-7-19(17)27-21)10-25-22(28)18-11-23-12-26-15(18)3/h4-9,11-12,27H,10H2,1-3H3,(H,25,28). The summed E-state index contributed by atoms with van der Waals surface area (Å²) in [6.45, 7) is 6.35. The van der Waals surface area contributed by atoms with Gasteiger partial charge in [0.15, 0.2) is 0 Å². The molecule has 6 heteroatoms.